The molecule has 0 unspecified atom stereocenters. The minimum atomic E-state index is -3.54. The number of carbonyl (C=O) groups is 1. The highest BCUT2D eigenvalue weighted by atomic mass is 32.2. The van der Waals surface area contributed by atoms with Gasteiger partial charge in [0.05, 0.1) is 10.6 Å². The maximum Gasteiger partial charge on any atom is 0.240 e. The first-order valence-electron chi connectivity index (χ1n) is 10.7. The number of hydrogen-bond donors (Lipinski definition) is 1. The SMILES string of the molecule is O=C1CCc2cc(S(=O)(=O)NCC3CCN(Cc4ccsc4)CC3)cc3c2N1CC3. The second-order valence-corrected chi connectivity index (χ2v) is 11.1. The number of rotatable bonds is 6. The van der Waals surface area contributed by atoms with Gasteiger partial charge in [0.25, 0.3) is 0 Å². The average molecular weight is 446 g/mol. The molecule has 0 radical (unpaired) electrons. The lowest BCUT2D eigenvalue weighted by Crippen LogP contribution is -2.38. The van der Waals surface area contributed by atoms with Crippen LogP contribution in [0.5, 0.6) is 0 Å². The van der Waals surface area contributed by atoms with E-state index < -0.39 is 10.0 Å². The lowest BCUT2D eigenvalue weighted by Gasteiger charge is -2.31. The van der Waals surface area contributed by atoms with Crippen LogP contribution in [0.25, 0.3) is 0 Å². The summed E-state index contributed by atoms with van der Waals surface area (Å²) in [5, 5.41) is 4.30. The van der Waals surface area contributed by atoms with E-state index in [1.807, 2.05) is 4.90 Å². The summed E-state index contributed by atoms with van der Waals surface area (Å²) in [6, 6.07) is 5.71. The number of sulfonamides is 1. The van der Waals surface area contributed by atoms with Crippen molar-refractivity contribution in [1.29, 1.82) is 0 Å². The summed E-state index contributed by atoms with van der Waals surface area (Å²) in [6.45, 7) is 4.16. The van der Waals surface area contributed by atoms with Gasteiger partial charge in [-0.15, -0.1) is 0 Å². The van der Waals surface area contributed by atoms with Gasteiger partial charge in [-0.25, -0.2) is 13.1 Å². The van der Waals surface area contributed by atoms with E-state index in [9.17, 15) is 13.2 Å². The van der Waals surface area contributed by atoms with Crippen LogP contribution in [0.3, 0.4) is 0 Å². The highest BCUT2D eigenvalue weighted by Crippen LogP contribution is 2.38. The normalized spacial score (nSPS) is 20.0. The molecule has 8 heteroatoms. The minimum absolute atomic E-state index is 0.153. The van der Waals surface area contributed by atoms with E-state index >= 15 is 0 Å². The number of benzene rings is 1. The maximum absolute atomic E-state index is 13.0. The molecule has 1 aromatic carbocycles. The molecular formula is C22H27N3O3S2. The van der Waals surface area contributed by atoms with E-state index in [4.69, 9.17) is 0 Å². The van der Waals surface area contributed by atoms with Crippen molar-refractivity contribution < 1.29 is 13.2 Å². The molecule has 0 spiro atoms. The van der Waals surface area contributed by atoms with Crippen LogP contribution in [-0.4, -0.2) is 45.4 Å². The molecule has 0 saturated carbocycles. The summed E-state index contributed by atoms with van der Waals surface area (Å²) in [7, 11) is -3.54. The van der Waals surface area contributed by atoms with Gasteiger partial charge in [0.1, 0.15) is 0 Å². The molecule has 1 aromatic heterocycles. The summed E-state index contributed by atoms with van der Waals surface area (Å²) < 4.78 is 28.8. The number of anilines is 1. The molecule has 0 atom stereocenters. The fraction of sp³-hybridized carbons (Fsp3) is 0.500. The van der Waals surface area contributed by atoms with E-state index in [1.165, 1.54) is 5.56 Å². The Balaban J connectivity index is 1.21. The van der Waals surface area contributed by atoms with Crippen LogP contribution >= 0.6 is 11.3 Å². The zero-order valence-electron chi connectivity index (χ0n) is 17.0. The van der Waals surface area contributed by atoms with Gasteiger partial charge in [0.2, 0.25) is 15.9 Å². The van der Waals surface area contributed by atoms with Crippen LogP contribution in [0.15, 0.2) is 33.9 Å². The third kappa shape index (κ3) is 3.93. The predicted molar refractivity (Wildman–Crippen MR) is 118 cm³/mol. The van der Waals surface area contributed by atoms with Crippen LogP contribution in [0.4, 0.5) is 5.69 Å². The van der Waals surface area contributed by atoms with E-state index in [1.54, 1.807) is 23.5 Å². The number of hydrogen-bond acceptors (Lipinski definition) is 5. The number of piperidine rings is 1. The van der Waals surface area contributed by atoms with Crippen molar-refractivity contribution in [3.63, 3.8) is 0 Å². The number of nitrogens with zero attached hydrogens (tertiary/aromatic N) is 2. The van der Waals surface area contributed by atoms with E-state index in [2.05, 4.69) is 26.4 Å². The molecule has 0 aliphatic carbocycles. The Kier molecular flexibility index (Phi) is 5.43. The smallest absolute Gasteiger partial charge is 0.240 e. The third-order valence-corrected chi connectivity index (χ3v) is 8.73. The standard InChI is InChI=1S/C22H27N3O3S2/c26-21-2-1-18-11-20(12-19-5-9-25(21)22(18)19)30(27,28)23-13-16-3-7-24(8-4-16)14-17-6-10-29-15-17/h6,10-12,15-16,23H,1-5,7-9,13-14H2. The van der Waals surface area contributed by atoms with Crippen LogP contribution < -0.4 is 9.62 Å². The Hall–Kier alpha value is -1.74. The molecule has 1 N–H and O–H groups in total. The van der Waals surface area contributed by atoms with Crippen molar-refractivity contribution >= 4 is 33.0 Å². The van der Waals surface area contributed by atoms with Crippen molar-refractivity contribution in [3.05, 3.63) is 45.6 Å². The molecular weight excluding hydrogens is 418 g/mol. The molecule has 160 valence electrons. The maximum atomic E-state index is 13.0. The Morgan fingerprint density at radius 3 is 2.57 bits per heavy atom. The summed E-state index contributed by atoms with van der Waals surface area (Å²) in [5.41, 5.74) is 4.30. The van der Waals surface area contributed by atoms with E-state index in [0.717, 1.165) is 55.7 Å². The zero-order valence-corrected chi connectivity index (χ0v) is 18.6. The molecule has 4 heterocycles. The predicted octanol–water partition coefficient (Wildman–Crippen LogP) is 2.77. The number of aryl methyl sites for hydroxylation is 1. The molecule has 3 aliphatic heterocycles. The fourth-order valence-electron chi connectivity index (χ4n) is 4.88. The Morgan fingerprint density at radius 2 is 1.83 bits per heavy atom. The fourth-order valence-corrected chi connectivity index (χ4v) is 6.76. The van der Waals surface area contributed by atoms with Crippen molar-refractivity contribution in [3.8, 4) is 0 Å². The number of amides is 1. The molecule has 3 aliphatic rings. The van der Waals surface area contributed by atoms with Gasteiger partial charge in [-0.1, -0.05) is 0 Å². The van der Waals surface area contributed by atoms with E-state index in [-0.39, 0.29) is 5.91 Å². The molecule has 1 saturated heterocycles. The molecule has 30 heavy (non-hydrogen) atoms. The average Bonchev–Trinajstić information content (AvgIpc) is 3.41. The van der Waals surface area contributed by atoms with Crippen molar-refractivity contribution in [1.82, 2.24) is 9.62 Å². The lowest BCUT2D eigenvalue weighted by atomic mass is 9.97. The van der Waals surface area contributed by atoms with Crippen LogP contribution in [0.2, 0.25) is 0 Å². The topological polar surface area (TPSA) is 69.7 Å². The molecule has 1 fully saturated rings. The first-order chi connectivity index (χ1) is 14.5. The summed E-state index contributed by atoms with van der Waals surface area (Å²) in [4.78, 5) is 16.7. The van der Waals surface area contributed by atoms with Crippen LogP contribution in [-0.2, 0) is 34.2 Å². The minimum Gasteiger partial charge on any atom is -0.312 e. The summed E-state index contributed by atoms with van der Waals surface area (Å²) in [5.74, 6) is 0.528. The number of likely N-dealkylation sites (tertiary alicyclic amines) is 1. The molecule has 1 amide bonds. The Morgan fingerprint density at radius 1 is 1.07 bits per heavy atom. The summed E-state index contributed by atoms with van der Waals surface area (Å²) >= 11 is 1.73. The number of carbonyl (C=O) groups excluding carboxylic acids is 1. The van der Waals surface area contributed by atoms with Crippen LogP contribution in [0, 0.1) is 5.92 Å². The molecule has 6 nitrogen and oxygen atoms in total. The van der Waals surface area contributed by atoms with Gasteiger partial charge in [-0.3, -0.25) is 9.69 Å². The largest absolute Gasteiger partial charge is 0.312 e. The van der Waals surface area contributed by atoms with Crippen molar-refractivity contribution in [2.75, 3.05) is 31.1 Å². The Labute approximate surface area is 181 Å². The molecule has 5 rings (SSSR count). The van der Waals surface area contributed by atoms with Gasteiger partial charge in [-0.05, 0) is 90.3 Å². The van der Waals surface area contributed by atoms with Gasteiger partial charge < -0.3 is 4.90 Å². The first kappa shape index (κ1) is 20.2. The Bertz CT molecular complexity index is 1040. The molecule has 0 bridgehead atoms. The van der Waals surface area contributed by atoms with Gasteiger partial charge in [0, 0.05) is 26.1 Å². The van der Waals surface area contributed by atoms with Gasteiger partial charge in [-0.2, -0.15) is 11.3 Å². The highest BCUT2D eigenvalue weighted by molar-refractivity contribution is 7.89. The van der Waals surface area contributed by atoms with Crippen LogP contribution in [0.1, 0.15) is 36.0 Å². The first-order valence-corrected chi connectivity index (χ1v) is 13.1. The number of thiophene rings is 1. The van der Waals surface area contributed by atoms with E-state index in [0.29, 0.717) is 36.7 Å². The summed E-state index contributed by atoms with van der Waals surface area (Å²) in [6.07, 6.45) is 3.86. The van der Waals surface area contributed by atoms with Crippen molar-refractivity contribution in [2.45, 2.75) is 43.5 Å². The second-order valence-electron chi connectivity index (χ2n) is 8.59. The third-order valence-electron chi connectivity index (χ3n) is 6.59. The highest BCUT2D eigenvalue weighted by Gasteiger charge is 2.33. The monoisotopic (exact) mass is 445 g/mol. The molecule has 2 aromatic rings. The lowest BCUT2D eigenvalue weighted by molar-refractivity contribution is -0.118. The second kappa shape index (κ2) is 8.07. The zero-order chi connectivity index (χ0) is 20.7. The quantitative estimate of drug-likeness (QED) is 0.742. The van der Waals surface area contributed by atoms with Gasteiger partial charge in [0.15, 0.2) is 0 Å². The number of nitrogens with one attached hydrogen (secondary N) is 1. The van der Waals surface area contributed by atoms with Crippen molar-refractivity contribution in [2.24, 2.45) is 5.92 Å². The van der Waals surface area contributed by atoms with Gasteiger partial charge >= 0.3 is 0 Å².